The number of nitrogens with zero attached hydrogens (tertiary/aromatic N) is 4. The minimum absolute atomic E-state index is 0.118. The summed E-state index contributed by atoms with van der Waals surface area (Å²) in [5.74, 6) is 1.45. The molecule has 3 aromatic rings. The third-order valence-electron chi connectivity index (χ3n) is 7.49. The molecule has 5 N–H and O–H groups in total. The van der Waals surface area contributed by atoms with Crippen molar-refractivity contribution in [3.05, 3.63) is 76.3 Å². The van der Waals surface area contributed by atoms with Gasteiger partial charge in [0.15, 0.2) is 5.82 Å². The highest BCUT2D eigenvalue weighted by molar-refractivity contribution is 5.93. The van der Waals surface area contributed by atoms with Crippen LogP contribution in [-0.2, 0) is 0 Å². The van der Waals surface area contributed by atoms with Crippen LogP contribution in [0.25, 0.3) is 11.3 Å². The fraction of sp³-hybridized carbons (Fsp3) is 0.412. The fourth-order valence-electron chi connectivity index (χ4n) is 4.80. The number of pyridine rings is 2. The minimum atomic E-state index is -0.373. The maximum Gasteiger partial charge on any atom is 0.153 e. The number of aliphatic hydroxyl groups excluding tert-OH is 1. The monoisotopic (exact) mass is 602 g/mol. The molecule has 2 fully saturated rings. The van der Waals surface area contributed by atoms with Crippen molar-refractivity contribution in [1.82, 2.24) is 9.97 Å². The first-order chi connectivity index (χ1) is 21.2. The molecule has 5 rings (SSSR count). The predicted molar refractivity (Wildman–Crippen MR) is 175 cm³/mol. The van der Waals surface area contributed by atoms with Gasteiger partial charge in [-0.1, -0.05) is 0 Å². The quantitative estimate of drug-likeness (QED) is 0.130. The number of allylic oxidation sites excluding steroid dienone is 1. The van der Waals surface area contributed by atoms with Gasteiger partial charge in [0.05, 0.1) is 37.4 Å². The lowest BCUT2D eigenvalue weighted by atomic mass is 9.96. The Kier molecular flexibility index (Phi) is 10.9. The number of nitrogen functional groups attached to an aromatic ring is 1. The van der Waals surface area contributed by atoms with Crippen LogP contribution in [0.3, 0.4) is 0 Å². The lowest BCUT2D eigenvalue weighted by molar-refractivity contribution is 0.337. The number of nitrogens with two attached hydrogens (primary N) is 2. The molecule has 44 heavy (non-hydrogen) atoms. The number of ether oxygens (including phenoxy) is 2. The van der Waals surface area contributed by atoms with Gasteiger partial charge in [-0.15, -0.1) is 0 Å². The molecule has 234 valence electrons. The first kappa shape index (κ1) is 32.4. The van der Waals surface area contributed by atoms with Crippen LogP contribution in [0.1, 0.15) is 73.5 Å². The SMILES string of the molecule is C/C(N)=C\O.CCOc1c(C)cc(C(CN=Cc2cc(C=NC3CC3)c(N)c(OC)c2)C2CC2)nc1-c1ccnc(C)c1F. The largest absolute Gasteiger partial charge is 0.514 e. The second kappa shape index (κ2) is 14.8. The van der Waals surface area contributed by atoms with E-state index in [0.29, 0.717) is 64.9 Å². The molecule has 1 unspecified atom stereocenters. The molecule has 10 heteroatoms. The Bertz CT molecular complexity index is 1540. The number of rotatable bonds is 11. The standard InChI is InChI=1S/C31H36FN5O2.C3H7NO/c1-5-39-31-18(2)12-26(37-30(31)24-10-11-35-19(3)28(24)32)25(21-6-7-21)17-34-15-20-13-22(16-36-23-8-9-23)29(33)27(14-20)38-4;1-3(4)2-5/h10-16,21,23,25H,5-9,17,33H2,1-4H3;2,5H,4H2,1H3/b;3-2+. The van der Waals surface area contributed by atoms with Crippen molar-refractivity contribution in [2.24, 2.45) is 21.6 Å². The van der Waals surface area contributed by atoms with Gasteiger partial charge in [-0.2, -0.15) is 0 Å². The molecular weight excluding hydrogens is 559 g/mol. The Hall–Kier alpha value is -4.47. The number of benzene rings is 1. The molecule has 2 heterocycles. The lowest BCUT2D eigenvalue weighted by Crippen LogP contribution is -2.11. The summed E-state index contributed by atoms with van der Waals surface area (Å²) in [4.78, 5) is 18.5. The van der Waals surface area contributed by atoms with Crippen LogP contribution in [0.2, 0.25) is 0 Å². The average molecular weight is 603 g/mol. The summed E-state index contributed by atoms with van der Waals surface area (Å²) < 4.78 is 26.6. The number of hydrogen-bond donors (Lipinski definition) is 3. The molecule has 1 atom stereocenters. The summed E-state index contributed by atoms with van der Waals surface area (Å²) in [6, 6.07) is 8.03. The molecule has 1 aromatic carbocycles. The van der Waals surface area contributed by atoms with E-state index in [1.165, 1.54) is 0 Å². The molecule has 0 saturated heterocycles. The molecule has 2 aliphatic rings. The lowest BCUT2D eigenvalue weighted by Gasteiger charge is -2.19. The van der Waals surface area contributed by atoms with Gasteiger partial charge in [0.1, 0.15) is 17.2 Å². The van der Waals surface area contributed by atoms with E-state index in [1.807, 2.05) is 38.4 Å². The maximum absolute atomic E-state index is 15.1. The normalized spacial score (nSPS) is 15.7. The van der Waals surface area contributed by atoms with Gasteiger partial charge < -0.3 is 26.0 Å². The van der Waals surface area contributed by atoms with Crippen molar-refractivity contribution in [2.75, 3.05) is 26.0 Å². The number of aromatic nitrogens is 2. The van der Waals surface area contributed by atoms with Crippen molar-refractivity contribution in [3.8, 4) is 22.8 Å². The van der Waals surface area contributed by atoms with Crippen LogP contribution >= 0.6 is 0 Å². The maximum atomic E-state index is 15.1. The van der Waals surface area contributed by atoms with Gasteiger partial charge in [-0.05, 0) is 94.7 Å². The van der Waals surface area contributed by atoms with Gasteiger partial charge in [-0.3, -0.25) is 15.0 Å². The Balaban J connectivity index is 0.000000818. The first-order valence-electron chi connectivity index (χ1n) is 15.0. The molecular formula is C34H43FN6O3. The summed E-state index contributed by atoms with van der Waals surface area (Å²) in [5, 5.41) is 7.86. The number of aliphatic hydroxyl groups is 1. The highest BCUT2D eigenvalue weighted by atomic mass is 19.1. The number of aryl methyl sites for hydroxylation is 2. The Morgan fingerprint density at radius 2 is 1.91 bits per heavy atom. The van der Waals surface area contributed by atoms with E-state index in [2.05, 4.69) is 16.0 Å². The number of methoxy groups -OCH3 is 1. The highest BCUT2D eigenvalue weighted by Crippen LogP contribution is 2.44. The second-order valence-corrected chi connectivity index (χ2v) is 11.3. The fourth-order valence-corrected chi connectivity index (χ4v) is 4.80. The molecule has 0 amide bonds. The zero-order valence-corrected chi connectivity index (χ0v) is 26.2. The zero-order valence-electron chi connectivity index (χ0n) is 26.2. The van der Waals surface area contributed by atoms with Gasteiger partial charge in [0, 0.05) is 53.6 Å². The molecule has 9 nitrogen and oxygen atoms in total. The molecule has 2 aliphatic carbocycles. The van der Waals surface area contributed by atoms with Gasteiger partial charge in [0.2, 0.25) is 0 Å². The van der Waals surface area contributed by atoms with Gasteiger partial charge in [-0.25, -0.2) is 9.37 Å². The first-order valence-corrected chi connectivity index (χ1v) is 15.0. The molecule has 2 aromatic heterocycles. The molecule has 0 radical (unpaired) electrons. The summed E-state index contributed by atoms with van der Waals surface area (Å²) in [5.41, 5.74) is 17.1. The molecule has 0 aliphatic heterocycles. The van der Waals surface area contributed by atoms with Crippen LogP contribution < -0.4 is 20.9 Å². The Morgan fingerprint density at radius 1 is 1.18 bits per heavy atom. The van der Waals surface area contributed by atoms with E-state index in [9.17, 15) is 0 Å². The number of halogens is 1. The Labute approximate surface area is 259 Å². The molecule has 2 saturated carbocycles. The third kappa shape index (κ3) is 8.33. The van der Waals surface area contributed by atoms with E-state index in [1.54, 1.807) is 33.2 Å². The number of aliphatic imine (C=N–C) groups is 2. The van der Waals surface area contributed by atoms with E-state index in [4.69, 9.17) is 36.0 Å². The van der Waals surface area contributed by atoms with E-state index < -0.39 is 0 Å². The van der Waals surface area contributed by atoms with Crippen molar-refractivity contribution in [3.63, 3.8) is 0 Å². The van der Waals surface area contributed by atoms with Crippen molar-refractivity contribution in [1.29, 1.82) is 0 Å². The Morgan fingerprint density at radius 3 is 2.52 bits per heavy atom. The van der Waals surface area contributed by atoms with E-state index in [-0.39, 0.29) is 11.7 Å². The summed E-state index contributed by atoms with van der Waals surface area (Å²) in [6.45, 7) is 8.22. The van der Waals surface area contributed by atoms with Crippen LogP contribution in [0, 0.1) is 25.6 Å². The van der Waals surface area contributed by atoms with Crippen molar-refractivity contribution < 1.29 is 19.0 Å². The van der Waals surface area contributed by atoms with Crippen molar-refractivity contribution in [2.45, 2.75) is 65.3 Å². The molecule has 0 bridgehead atoms. The minimum Gasteiger partial charge on any atom is -0.514 e. The van der Waals surface area contributed by atoms with Crippen LogP contribution in [0.5, 0.6) is 11.5 Å². The van der Waals surface area contributed by atoms with E-state index in [0.717, 1.165) is 54.3 Å². The topological polar surface area (TPSA) is 141 Å². The third-order valence-corrected chi connectivity index (χ3v) is 7.49. The highest BCUT2D eigenvalue weighted by Gasteiger charge is 2.34. The van der Waals surface area contributed by atoms with Gasteiger partial charge in [0.25, 0.3) is 0 Å². The summed E-state index contributed by atoms with van der Waals surface area (Å²) in [6.07, 6.45) is 10.7. The average Bonchev–Trinajstić information content (AvgIpc) is 3.94. The predicted octanol–water partition coefficient (Wildman–Crippen LogP) is 6.45. The van der Waals surface area contributed by atoms with E-state index >= 15 is 4.39 Å². The molecule has 0 spiro atoms. The smallest absolute Gasteiger partial charge is 0.153 e. The number of hydrogen-bond acceptors (Lipinski definition) is 9. The van der Waals surface area contributed by atoms with Crippen LogP contribution in [0.4, 0.5) is 10.1 Å². The second-order valence-electron chi connectivity index (χ2n) is 11.3. The van der Waals surface area contributed by atoms with Crippen molar-refractivity contribution >= 4 is 18.1 Å². The van der Waals surface area contributed by atoms with Crippen LogP contribution in [0.15, 0.2) is 52.4 Å². The van der Waals surface area contributed by atoms with Crippen LogP contribution in [-0.4, -0.2) is 53.8 Å². The summed E-state index contributed by atoms with van der Waals surface area (Å²) in [7, 11) is 1.61. The zero-order chi connectivity index (χ0) is 31.8. The van der Waals surface area contributed by atoms with Gasteiger partial charge >= 0.3 is 0 Å². The number of anilines is 1. The summed E-state index contributed by atoms with van der Waals surface area (Å²) >= 11 is 0.